The van der Waals surface area contributed by atoms with E-state index in [0.29, 0.717) is 27.3 Å². The molecule has 0 atom stereocenters. The number of benzene rings is 4. The van der Waals surface area contributed by atoms with Crippen LogP contribution >= 0.6 is 23.4 Å². The molecule has 6 nitrogen and oxygen atoms in total. The van der Waals surface area contributed by atoms with Crippen LogP contribution < -0.4 is 9.47 Å². The van der Waals surface area contributed by atoms with Gasteiger partial charge in [-0.25, -0.2) is 0 Å². The average Bonchev–Trinajstić information content (AvgIpc) is 3.39. The van der Waals surface area contributed by atoms with E-state index in [1.807, 2.05) is 83.4 Å². The molecule has 4 aromatic carbocycles. The van der Waals surface area contributed by atoms with E-state index in [1.54, 1.807) is 31.4 Å². The minimum atomic E-state index is 0.0119. The van der Waals surface area contributed by atoms with Crippen LogP contribution in [-0.4, -0.2) is 33.4 Å². The number of thioether (sulfide) groups is 1. The van der Waals surface area contributed by atoms with E-state index in [9.17, 15) is 4.79 Å². The number of methoxy groups -OCH3 is 1. The third-order valence-electron chi connectivity index (χ3n) is 5.86. The van der Waals surface area contributed by atoms with Crippen molar-refractivity contribution in [3.8, 4) is 28.3 Å². The topological polar surface area (TPSA) is 66.2 Å². The van der Waals surface area contributed by atoms with Crippen molar-refractivity contribution in [3.05, 3.63) is 120 Å². The first-order valence-corrected chi connectivity index (χ1v) is 13.3. The van der Waals surface area contributed by atoms with Gasteiger partial charge in [-0.3, -0.25) is 9.36 Å². The lowest BCUT2D eigenvalue weighted by molar-refractivity contribution is 0.102. The third-order valence-corrected chi connectivity index (χ3v) is 7.04. The highest BCUT2D eigenvalue weighted by Gasteiger charge is 2.17. The van der Waals surface area contributed by atoms with Crippen molar-refractivity contribution in [1.82, 2.24) is 14.8 Å². The van der Waals surface area contributed by atoms with Gasteiger partial charge in [0.25, 0.3) is 0 Å². The highest BCUT2D eigenvalue weighted by molar-refractivity contribution is 7.99. The van der Waals surface area contributed by atoms with Gasteiger partial charge in [0, 0.05) is 16.3 Å². The molecule has 0 saturated carbocycles. The summed E-state index contributed by atoms with van der Waals surface area (Å²) >= 11 is 7.32. The molecule has 0 fully saturated rings. The van der Waals surface area contributed by atoms with Crippen LogP contribution in [0.1, 0.15) is 16.2 Å². The number of Topliss-reactive ketones (excluding diaryl/α,β-unsaturated/α-hetero) is 1. The fraction of sp³-hybridized carbons (Fsp3) is 0.100. The largest absolute Gasteiger partial charge is 0.497 e. The van der Waals surface area contributed by atoms with E-state index < -0.39 is 0 Å². The van der Waals surface area contributed by atoms with Crippen molar-refractivity contribution in [3.63, 3.8) is 0 Å². The van der Waals surface area contributed by atoms with Crippen LogP contribution in [0.2, 0.25) is 5.02 Å². The zero-order valence-corrected chi connectivity index (χ0v) is 22.2. The summed E-state index contributed by atoms with van der Waals surface area (Å²) in [6, 6.07) is 32.5. The molecule has 38 heavy (non-hydrogen) atoms. The molecule has 5 aromatic rings. The number of hydrogen-bond donors (Lipinski definition) is 0. The van der Waals surface area contributed by atoms with Crippen LogP contribution in [0, 0.1) is 0 Å². The van der Waals surface area contributed by atoms with Gasteiger partial charge >= 0.3 is 0 Å². The molecule has 0 radical (unpaired) electrons. The number of rotatable bonds is 10. The molecule has 0 spiro atoms. The van der Waals surface area contributed by atoms with E-state index in [-0.39, 0.29) is 18.1 Å². The van der Waals surface area contributed by atoms with Gasteiger partial charge in [0.05, 0.1) is 12.9 Å². The molecule has 0 aliphatic carbocycles. The Morgan fingerprint density at radius 1 is 0.816 bits per heavy atom. The molecule has 0 aliphatic heterocycles. The van der Waals surface area contributed by atoms with Crippen molar-refractivity contribution < 1.29 is 14.3 Å². The smallest absolute Gasteiger partial charge is 0.196 e. The van der Waals surface area contributed by atoms with Gasteiger partial charge < -0.3 is 9.47 Å². The van der Waals surface area contributed by atoms with Gasteiger partial charge in [-0.15, -0.1) is 10.2 Å². The Hall–Kier alpha value is -4.07. The Kier molecular flexibility index (Phi) is 8.06. The number of ketones is 1. The van der Waals surface area contributed by atoms with Crippen molar-refractivity contribution in [2.75, 3.05) is 12.9 Å². The van der Waals surface area contributed by atoms with Crippen LogP contribution in [0.25, 0.3) is 16.8 Å². The lowest BCUT2D eigenvalue weighted by Crippen LogP contribution is -2.08. The lowest BCUT2D eigenvalue weighted by atomic mass is 10.0. The van der Waals surface area contributed by atoms with Crippen molar-refractivity contribution in [2.45, 2.75) is 11.8 Å². The number of aromatic nitrogens is 3. The molecular weight excluding hydrogens is 518 g/mol. The van der Waals surface area contributed by atoms with Gasteiger partial charge in [-0.2, -0.15) is 0 Å². The Labute approximate surface area is 230 Å². The van der Waals surface area contributed by atoms with Crippen LogP contribution in [0.15, 0.2) is 108 Å². The predicted octanol–water partition coefficient (Wildman–Crippen LogP) is 7.15. The Balaban J connectivity index is 1.33. The van der Waals surface area contributed by atoms with Gasteiger partial charge in [0.1, 0.15) is 18.1 Å². The molecule has 0 unspecified atom stereocenters. The molecule has 190 valence electrons. The van der Waals surface area contributed by atoms with E-state index in [2.05, 4.69) is 10.2 Å². The molecule has 0 aliphatic rings. The maximum absolute atomic E-state index is 13.0. The number of hydrogen-bond acceptors (Lipinski definition) is 6. The van der Waals surface area contributed by atoms with E-state index in [0.717, 1.165) is 22.6 Å². The maximum atomic E-state index is 13.0. The maximum Gasteiger partial charge on any atom is 0.196 e. The quantitative estimate of drug-likeness (QED) is 0.138. The van der Waals surface area contributed by atoms with Gasteiger partial charge in [0.15, 0.2) is 16.8 Å². The SMILES string of the molecule is COc1ccc(-n2c(COc3ccc(Cl)cc3)nnc2SCC(=O)c2ccc(-c3ccccc3)cc2)cc1. The third kappa shape index (κ3) is 6.07. The van der Waals surface area contributed by atoms with Crippen molar-refractivity contribution in [2.24, 2.45) is 0 Å². The molecule has 0 bridgehead atoms. The lowest BCUT2D eigenvalue weighted by Gasteiger charge is -2.12. The summed E-state index contributed by atoms with van der Waals surface area (Å²) < 4.78 is 13.1. The Morgan fingerprint density at radius 2 is 1.47 bits per heavy atom. The molecule has 0 saturated heterocycles. The van der Waals surface area contributed by atoms with Gasteiger partial charge in [-0.1, -0.05) is 78.0 Å². The normalized spacial score (nSPS) is 10.8. The molecular formula is C30H24ClN3O3S. The number of carbonyl (C=O) groups excluding carboxylic acids is 1. The van der Waals surface area contributed by atoms with Gasteiger partial charge in [0.2, 0.25) is 0 Å². The monoisotopic (exact) mass is 541 g/mol. The molecule has 1 aromatic heterocycles. The minimum absolute atomic E-state index is 0.0119. The summed E-state index contributed by atoms with van der Waals surface area (Å²) in [6.07, 6.45) is 0. The first-order chi connectivity index (χ1) is 18.6. The molecule has 0 amide bonds. The average molecular weight is 542 g/mol. The van der Waals surface area contributed by atoms with E-state index in [4.69, 9.17) is 21.1 Å². The Morgan fingerprint density at radius 3 is 2.16 bits per heavy atom. The number of ether oxygens (including phenoxy) is 2. The second-order valence-electron chi connectivity index (χ2n) is 8.33. The molecule has 8 heteroatoms. The standard InChI is InChI=1S/C30H24ClN3O3S/c1-36-26-17-13-25(14-18-26)34-29(19-37-27-15-11-24(31)12-16-27)32-33-30(34)38-20-28(35)23-9-7-22(8-10-23)21-5-3-2-4-6-21/h2-18H,19-20H2,1H3. The first kappa shape index (κ1) is 25.6. The first-order valence-electron chi connectivity index (χ1n) is 11.9. The van der Waals surface area contributed by atoms with Gasteiger partial charge in [-0.05, 0) is 59.7 Å². The fourth-order valence-electron chi connectivity index (χ4n) is 3.85. The minimum Gasteiger partial charge on any atom is -0.497 e. The molecule has 0 N–H and O–H groups in total. The summed E-state index contributed by atoms with van der Waals surface area (Å²) in [7, 11) is 1.62. The van der Waals surface area contributed by atoms with Crippen molar-refractivity contribution in [1.29, 1.82) is 0 Å². The predicted molar refractivity (Wildman–Crippen MR) is 151 cm³/mol. The van der Waals surface area contributed by atoms with Crippen molar-refractivity contribution >= 4 is 29.1 Å². The zero-order chi connectivity index (χ0) is 26.3. The number of halogens is 1. The summed E-state index contributed by atoms with van der Waals surface area (Å²) in [6.45, 7) is 0.191. The Bertz CT molecular complexity index is 1500. The van der Waals surface area contributed by atoms with E-state index in [1.165, 1.54) is 11.8 Å². The van der Waals surface area contributed by atoms with E-state index >= 15 is 0 Å². The summed E-state index contributed by atoms with van der Waals surface area (Å²) in [5, 5.41) is 9.97. The van der Waals surface area contributed by atoms with Crippen LogP contribution in [0.4, 0.5) is 0 Å². The zero-order valence-electron chi connectivity index (χ0n) is 20.6. The highest BCUT2D eigenvalue weighted by atomic mass is 35.5. The van der Waals surface area contributed by atoms with Crippen LogP contribution in [0.5, 0.6) is 11.5 Å². The summed E-state index contributed by atoms with van der Waals surface area (Å²) in [5.41, 5.74) is 3.67. The second kappa shape index (κ2) is 12.0. The van der Waals surface area contributed by atoms with Crippen LogP contribution in [0.3, 0.4) is 0 Å². The molecule has 5 rings (SSSR count). The summed E-state index contributed by atoms with van der Waals surface area (Å²) in [4.78, 5) is 13.0. The fourth-order valence-corrected chi connectivity index (χ4v) is 4.84. The molecule has 1 heterocycles. The number of carbonyl (C=O) groups is 1. The second-order valence-corrected chi connectivity index (χ2v) is 9.71. The van der Waals surface area contributed by atoms with Crippen LogP contribution in [-0.2, 0) is 6.61 Å². The number of nitrogens with zero attached hydrogens (tertiary/aromatic N) is 3. The highest BCUT2D eigenvalue weighted by Crippen LogP contribution is 2.26. The summed E-state index contributed by atoms with van der Waals surface area (Å²) in [5.74, 6) is 2.24.